The van der Waals surface area contributed by atoms with E-state index in [2.05, 4.69) is 15.9 Å². The lowest BCUT2D eigenvalue weighted by Crippen LogP contribution is -2.25. The van der Waals surface area contributed by atoms with E-state index in [0.29, 0.717) is 10.2 Å². The van der Waals surface area contributed by atoms with Gasteiger partial charge in [-0.25, -0.2) is 4.39 Å². The molecule has 1 heterocycles. The predicted octanol–water partition coefficient (Wildman–Crippen LogP) is 3.49. The summed E-state index contributed by atoms with van der Waals surface area (Å²) in [6.07, 6.45) is 2.90. The zero-order valence-corrected chi connectivity index (χ0v) is 9.80. The maximum absolute atomic E-state index is 12.8. The highest BCUT2D eigenvalue weighted by molar-refractivity contribution is 9.10. The van der Waals surface area contributed by atoms with Crippen LogP contribution in [-0.4, -0.2) is 12.9 Å². The third-order valence-electron chi connectivity index (χ3n) is 2.29. The van der Waals surface area contributed by atoms with E-state index in [4.69, 9.17) is 9.47 Å². The molecule has 0 amide bonds. The lowest BCUT2D eigenvalue weighted by Gasteiger charge is -2.23. The van der Waals surface area contributed by atoms with Crippen molar-refractivity contribution in [3.05, 3.63) is 28.5 Å². The van der Waals surface area contributed by atoms with Gasteiger partial charge in [0.25, 0.3) is 0 Å². The van der Waals surface area contributed by atoms with Crippen molar-refractivity contribution in [2.45, 2.75) is 25.6 Å². The van der Waals surface area contributed by atoms with E-state index in [-0.39, 0.29) is 12.1 Å². The molecule has 0 bridgehead atoms. The average Bonchev–Trinajstić information content (AvgIpc) is 2.24. The summed E-state index contributed by atoms with van der Waals surface area (Å²) < 4.78 is 24.5. The summed E-state index contributed by atoms with van der Waals surface area (Å²) in [6, 6.07) is 4.37. The molecule has 2 rings (SSSR count). The van der Waals surface area contributed by atoms with Gasteiger partial charge in [0.15, 0.2) is 6.29 Å². The van der Waals surface area contributed by atoms with Gasteiger partial charge in [0.2, 0.25) is 0 Å². The fourth-order valence-corrected chi connectivity index (χ4v) is 1.96. The minimum atomic E-state index is -0.279. The SMILES string of the molecule is Fc1ccc(OC2CCCCO2)c(Br)c1. The van der Waals surface area contributed by atoms with Crippen LogP contribution in [0.2, 0.25) is 0 Å². The molecule has 1 saturated heterocycles. The molecule has 1 aromatic rings. The van der Waals surface area contributed by atoms with E-state index in [9.17, 15) is 4.39 Å². The van der Waals surface area contributed by atoms with E-state index < -0.39 is 0 Å². The van der Waals surface area contributed by atoms with E-state index in [1.54, 1.807) is 6.07 Å². The standard InChI is InChI=1S/C11H12BrFO2/c12-9-7-8(13)4-5-10(9)15-11-3-1-2-6-14-11/h4-5,7,11H,1-3,6H2. The van der Waals surface area contributed by atoms with Gasteiger partial charge in [-0.2, -0.15) is 0 Å². The van der Waals surface area contributed by atoms with Gasteiger partial charge in [0.1, 0.15) is 11.6 Å². The summed E-state index contributed by atoms with van der Waals surface area (Å²) in [5, 5.41) is 0. The van der Waals surface area contributed by atoms with Crippen LogP contribution in [0.1, 0.15) is 19.3 Å². The highest BCUT2D eigenvalue weighted by atomic mass is 79.9. The third-order valence-corrected chi connectivity index (χ3v) is 2.91. The Kier molecular flexibility index (Phi) is 3.59. The molecule has 0 radical (unpaired) electrons. The third kappa shape index (κ3) is 2.92. The largest absolute Gasteiger partial charge is 0.464 e. The van der Waals surface area contributed by atoms with E-state index in [1.165, 1.54) is 12.1 Å². The average molecular weight is 275 g/mol. The van der Waals surface area contributed by atoms with Crippen LogP contribution in [0, 0.1) is 5.82 Å². The highest BCUT2D eigenvalue weighted by Gasteiger charge is 2.16. The molecule has 0 aliphatic carbocycles. The zero-order valence-electron chi connectivity index (χ0n) is 8.21. The van der Waals surface area contributed by atoms with Gasteiger partial charge in [-0.3, -0.25) is 0 Å². The topological polar surface area (TPSA) is 18.5 Å². The Hall–Kier alpha value is -0.610. The van der Waals surface area contributed by atoms with Gasteiger partial charge in [-0.1, -0.05) is 0 Å². The monoisotopic (exact) mass is 274 g/mol. The number of hydrogen-bond acceptors (Lipinski definition) is 2. The molecular weight excluding hydrogens is 263 g/mol. The molecule has 1 fully saturated rings. The molecule has 2 nitrogen and oxygen atoms in total. The minimum absolute atomic E-state index is 0.194. The number of benzene rings is 1. The molecule has 1 aliphatic heterocycles. The van der Waals surface area contributed by atoms with Crippen LogP contribution in [0.15, 0.2) is 22.7 Å². The first-order valence-electron chi connectivity index (χ1n) is 4.99. The Bertz CT molecular complexity index is 337. The van der Waals surface area contributed by atoms with Crippen molar-refractivity contribution < 1.29 is 13.9 Å². The van der Waals surface area contributed by atoms with E-state index in [0.717, 1.165) is 25.9 Å². The van der Waals surface area contributed by atoms with Gasteiger partial charge >= 0.3 is 0 Å². The number of halogens is 2. The Labute approximate surface area is 96.5 Å². The lowest BCUT2D eigenvalue weighted by molar-refractivity contribution is -0.106. The van der Waals surface area contributed by atoms with Crippen LogP contribution in [0.3, 0.4) is 0 Å². The minimum Gasteiger partial charge on any atom is -0.464 e. The molecule has 4 heteroatoms. The van der Waals surface area contributed by atoms with Gasteiger partial charge in [-0.15, -0.1) is 0 Å². The summed E-state index contributed by atoms with van der Waals surface area (Å²) in [4.78, 5) is 0. The molecule has 0 spiro atoms. The van der Waals surface area contributed by atoms with E-state index in [1.807, 2.05) is 0 Å². The fourth-order valence-electron chi connectivity index (χ4n) is 1.52. The molecule has 1 aromatic carbocycles. The predicted molar refractivity (Wildman–Crippen MR) is 58.3 cm³/mol. The smallest absolute Gasteiger partial charge is 0.199 e. The molecule has 1 aliphatic rings. The second kappa shape index (κ2) is 4.94. The van der Waals surface area contributed by atoms with Crippen LogP contribution in [0.5, 0.6) is 5.75 Å². The Balaban J connectivity index is 2.03. The summed E-state index contributed by atoms with van der Waals surface area (Å²) in [5.41, 5.74) is 0. The summed E-state index contributed by atoms with van der Waals surface area (Å²) >= 11 is 3.25. The van der Waals surface area contributed by atoms with Crippen molar-refractivity contribution in [1.82, 2.24) is 0 Å². The molecule has 82 valence electrons. The number of ether oxygens (including phenoxy) is 2. The quantitative estimate of drug-likeness (QED) is 0.822. The number of rotatable bonds is 2. The van der Waals surface area contributed by atoms with Crippen molar-refractivity contribution in [1.29, 1.82) is 0 Å². The summed E-state index contributed by atoms with van der Waals surface area (Å²) in [6.45, 7) is 0.740. The first-order valence-corrected chi connectivity index (χ1v) is 5.78. The van der Waals surface area contributed by atoms with Gasteiger partial charge in [0.05, 0.1) is 11.1 Å². The second-order valence-electron chi connectivity index (χ2n) is 3.49. The Morgan fingerprint density at radius 3 is 2.93 bits per heavy atom. The molecule has 1 unspecified atom stereocenters. The second-order valence-corrected chi connectivity index (χ2v) is 4.34. The molecule has 1 atom stereocenters. The van der Waals surface area contributed by atoms with Crippen molar-refractivity contribution in [2.24, 2.45) is 0 Å². The van der Waals surface area contributed by atoms with Gasteiger partial charge in [0, 0.05) is 6.42 Å². The Morgan fingerprint density at radius 2 is 2.27 bits per heavy atom. The molecular formula is C11H12BrFO2. The fraction of sp³-hybridized carbons (Fsp3) is 0.455. The molecule has 15 heavy (non-hydrogen) atoms. The first-order chi connectivity index (χ1) is 7.25. The number of hydrogen-bond donors (Lipinski definition) is 0. The molecule has 0 N–H and O–H groups in total. The molecule has 0 aromatic heterocycles. The van der Waals surface area contributed by atoms with Crippen molar-refractivity contribution in [3.8, 4) is 5.75 Å². The molecule has 0 saturated carbocycles. The van der Waals surface area contributed by atoms with Crippen LogP contribution >= 0.6 is 15.9 Å². The lowest BCUT2D eigenvalue weighted by atomic mass is 10.2. The van der Waals surface area contributed by atoms with Crippen molar-refractivity contribution in [3.63, 3.8) is 0 Å². The van der Waals surface area contributed by atoms with Gasteiger partial charge in [-0.05, 0) is 47.0 Å². The van der Waals surface area contributed by atoms with Crippen molar-refractivity contribution in [2.75, 3.05) is 6.61 Å². The van der Waals surface area contributed by atoms with E-state index >= 15 is 0 Å². The van der Waals surface area contributed by atoms with Crippen LogP contribution in [0.4, 0.5) is 4.39 Å². The van der Waals surface area contributed by atoms with Crippen LogP contribution in [0.25, 0.3) is 0 Å². The maximum atomic E-state index is 12.8. The van der Waals surface area contributed by atoms with Gasteiger partial charge < -0.3 is 9.47 Å². The van der Waals surface area contributed by atoms with Crippen molar-refractivity contribution >= 4 is 15.9 Å². The first kappa shape index (κ1) is 10.9. The summed E-state index contributed by atoms with van der Waals surface area (Å²) in [7, 11) is 0. The maximum Gasteiger partial charge on any atom is 0.199 e. The van der Waals surface area contributed by atoms with Crippen LogP contribution in [-0.2, 0) is 4.74 Å². The normalized spacial score (nSPS) is 21.3. The zero-order chi connectivity index (χ0) is 10.7. The Morgan fingerprint density at radius 1 is 1.40 bits per heavy atom. The highest BCUT2D eigenvalue weighted by Crippen LogP contribution is 2.28. The summed E-state index contributed by atoms with van der Waals surface area (Å²) in [5.74, 6) is 0.349. The van der Waals surface area contributed by atoms with Crippen LogP contribution < -0.4 is 4.74 Å².